The first-order valence-electron chi connectivity index (χ1n) is 21.7. The average molecular weight is 820 g/mol. The molecule has 0 unspecified atom stereocenters. The van der Waals surface area contributed by atoms with E-state index in [2.05, 4.69) is 254 Å². The summed E-state index contributed by atoms with van der Waals surface area (Å²) >= 11 is 1.88. The quantitative estimate of drug-likeness (QED) is 0.148. The third-order valence-corrected chi connectivity index (χ3v) is 14.2. The van der Waals surface area contributed by atoms with Crippen molar-refractivity contribution in [2.75, 3.05) is 4.90 Å². The number of benzene rings is 10. The highest BCUT2D eigenvalue weighted by Crippen LogP contribution is 2.56. The van der Waals surface area contributed by atoms with Gasteiger partial charge < -0.3 is 4.90 Å². The van der Waals surface area contributed by atoms with Crippen molar-refractivity contribution in [3.63, 3.8) is 0 Å². The maximum absolute atomic E-state index is 2.43. The lowest BCUT2D eigenvalue weighted by molar-refractivity contribution is 0.768. The van der Waals surface area contributed by atoms with Crippen molar-refractivity contribution < 1.29 is 0 Å². The van der Waals surface area contributed by atoms with E-state index in [1.807, 2.05) is 11.3 Å². The number of hydrogen-bond acceptors (Lipinski definition) is 2. The van der Waals surface area contributed by atoms with Crippen LogP contribution in [0, 0.1) is 0 Å². The van der Waals surface area contributed by atoms with Crippen LogP contribution in [0.3, 0.4) is 0 Å². The van der Waals surface area contributed by atoms with E-state index in [9.17, 15) is 0 Å². The van der Waals surface area contributed by atoms with Crippen molar-refractivity contribution in [2.45, 2.75) is 5.41 Å². The molecule has 0 N–H and O–H groups in total. The largest absolute Gasteiger partial charge is 0.310 e. The fraction of sp³-hybridized carbons (Fsp3) is 0.0164. The zero-order chi connectivity index (χ0) is 41.7. The Morgan fingerprint density at radius 3 is 1.46 bits per heavy atom. The highest BCUT2D eigenvalue weighted by Gasteiger charge is 2.45. The summed E-state index contributed by atoms with van der Waals surface area (Å²) in [6.07, 6.45) is 0. The van der Waals surface area contributed by atoms with E-state index < -0.39 is 5.41 Å². The summed E-state index contributed by atoms with van der Waals surface area (Å²) in [7, 11) is 0. The molecule has 0 bridgehead atoms. The van der Waals surface area contributed by atoms with Crippen LogP contribution in [0.25, 0.3) is 64.7 Å². The van der Waals surface area contributed by atoms with Crippen LogP contribution >= 0.6 is 11.3 Å². The summed E-state index contributed by atoms with van der Waals surface area (Å²) in [5, 5.41) is 2.63. The average Bonchev–Trinajstić information content (AvgIpc) is 3.90. The van der Waals surface area contributed by atoms with Crippen molar-refractivity contribution >= 4 is 48.6 Å². The van der Waals surface area contributed by atoms with Gasteiger partial charge in [-0.25, -0.2) is 0 Å². The molecule has 0 saturated heterocycles. The molecule has 2 heteroatoms. The Morgan fingerprint density at radius 1 is 0.302 bits per heavy atom. The molecule has 63 heavy (non-hydrogen) atoms. The maximum Gasteiger partial charge on any atom is 0.0713 e. The molecule has 1 heterocycles. The summed E-state index contributed by atoms with van der Waals surface area (Å²) in [6.45, 7) is 0. The van der Waals surface area contributed by atoms with Gasteiger partial charge >= 0.3 is 0 Å². The fourth-order valence-electron chi connectivity index (χ4n) is 10.1. The predicted molar refractivity (Wildman–Crippen MR) is 268 cm³/mol. The van der Waals surface area contributed by atoms with Crippen LogP contribution in [0.15, 0.2) is 249 Å². The molecule has 11 aromatic rings. The van der Waals surface area contributed by atoms with Gasteiger partial charge in [0.05, 0.1) is 11.1 Å². The molecule has 10 aromatic carbocycles. The van der Waals surface area contributed by atoms with E-state index >= 15 is 0 Å². The first-order valence-corrected chi connectivity index (χ1v) is 22.5. The lowest BCUT2D eigenvalue weighted by Crippen LogP contribution is -2.28. The number of rotatable bonds is 8. The zero-order valence-corrected chi connectivity index (χ0v) is 35.3. The Morgan fingerprint density at radius 2 is 0.762 bits per heavy atom. The maximum atomic E-state index is 2.43. The molecule has 0 atom stereocenters. The molecule has 12 rings (SSSR count). The van der Waals surface area contributed by atoms with E-state index in [1.54, 1.807) is 0 Å². The van der Waals surface area contributed by atoms with Gasteiger partial charge in [0.15, 0.2) is 0 Å². The Hall–Kier alpha value is -7.78. The molecule has 0 fully saturated rings. The van der Waals surface area contributed by atoms with Gasteiger partial charge in [-0.1, -0.05) is 212 Å². The van der Waals surface area contributed by atoms with E-state index in [0.29, 0.717) is 0 Å². The standard InChI is InChI=1S/C61H41NS/c1-3-16-42(17-4-1)43-30-32-44(33-31-43)50-20-9-13-28-58(50)62(48-38-34-45(35-39-48)51-24-15-25-55-54-23-10-14-29-59(54)63-60(51)55)49-40-36-47(37-41-49)61(46-18-5-2-6-19-46)56-26-11-7-21-52(56)53-22-8-12-27-57(53)61/h1-41H. The van der Waals surface area contributed by atoms with Crippen molar-refractivity contribution in [2.24, 2.45) is 0 Å². The van der Waals surface area contributed by atoms with Crippen LogP contribution in [0.5, 0.6) is 0 Å². The predicted octanol–water partition coefficient (Wildman–Crippen LogP) is 16.9. The number of para-hydroxylation sites is 1. The second kappa shape index (κ2) is 15.3. The van der Waals surface area contributed by atoms with Crippen molar-refractivity contribution in [3.8, 4) is 44.5 Å². The van der Waals surface area contributed by atoms with Crippen molar-refractivity contribution in [1.82, 2.24) is 0 Å². The smallest absolute Gasteiger partial charge is 0.0713 e. The molecule has 1 aliphatic rings. The summed E-state index contributed by atoms with van der Waals surface area (Å²) in [5.41, 5.74) is 17.8. The number of anilines is 3. The van der Waals surface area contributed by atoms with Crippen LogP contribution in [0.2, 0.25) is 0 Å². The van der Waals surface area contributed by atoms with Crippen LogP contribution in [-0.2, 0) is 5.41 Å². The van der Waals surface area contributed by atoms with Gasteiger partial charge in [0.1, 0.15) is 0 Å². The molecule has 296 valence electrons. The molecule has 1 aromatic heterocycles. The molecule has 0 radical (unpaired) electrons. The van der Waals surface area contributed by atoms with E-state index in [1.165, 1.54) is 86.9 Å². The minimum Gasteiger partial charge on any atom is -0.310 e. The highest BCUT2D eigenvalue weighted by molar-refractivity contribution is 7.26. The number of thiophene rings is 1. The SMILES string of the molecule is c1ccc(-c2ccc(-c3ccccc3N(c3ccc(-c4cccc5c4sc4ccccc45)cc3)c3ccc(C4(c5ccccc5)c5ccccc5-c5ccccc54)cc3)cc2)cc1. The highest BCUT2D eigenvalue weighted by atomic mass is 32.1. The zero-order valence-electron chi connectivity index (χ0n) is 34.5. The molecule has 0 saturated carbocycles. The molecular formula is C61H41NS. The second-order valence-corrected chi connectivity index (χ2v) is 17.4. The normalized spacial score (nSPS) is 12.6. The van der Waals surface area contributed by atoms with Gasteiger partial charge in [0.25, 0.3) is 0 Å². The number of nitrogens with zero attached hydrogens (tertiary/aromatic N) is 1. The van der Waals surface area contributed by atoms with E-state index in [-0.39, 0.29) is 0 Å². The molecule has 1 aliphatic carbocycles. The van der Waals surface area contributed by atoms with Crippen molar-refractivity contribution in [1.29, 1.82) is 0 Å². The second-order valence-electron chi connectivity index (χ2n) is 16.4. The summed E-state index contributed by atoms with van der Waals surface area (Å²) in [5.74, 6) is 0. The Labute approximate surface area is 372 Å². The lowest BCUT2D eigenvalue weighted by atomic mass is 9.68. The van der Waals surface area contributed by atoms with Crippen molar-refractivity contribution in [3.05, 3.63) is 271 Å². The molecule has 0 amide bonds. The number of fused-ring (bicyclic) bond motifs is 6. The third-order valence-electron chi connectivity index (χ3n) is 13.0. The van der Waals surface area contributed by atoms with Gasteiger partial charge in [-0.2, -0.15) is 0 Å². The Kier molecular flexibility index (Phi) is 8.98. The minimum absolute atomic E-state index is 0.467. The molecular weight excluding hydrogens is 779 g/mol. The molecule has 0 aliphatic heterocycles. The van der Waals surface area contributed by atoms with Gasteiger partial charge in [0.2, 0.25) is 0 Å². The first-order chi connectivity index (χ1) is 31.3. The summed E-state index contributed by atoms with van der Waals surface area (Å²) < 4.78 is 2.64. The van der Waals surface area contributed by atoms with Gasteiger partial charge in [0, 0.05) is 37.1 Å². The van der Waals surface area contributed by atoms with E-state index in [0.717, 1.165) is 17.1 Å². The third kappa shape index (κ3) is 6.06. The van der Waals surface area contributed by atoms with Crippen LogP contribution < -0.4 is 4.90 Å². The Balaban J connectivity index is 1.01. The number of hydrogen-bond donors (Lipinski definition) is 0. The van der Waals surface area contributed by atoms with Crippen LogP contribution in [0.1, 0.15) is 22.3 Å². The van der Waals surface area contributed by atoms with E-state index in [4.69, 9.17) is 0 Å². The Bertz CT molecular complexity index is 3370. The topological polar surface area (TPSA) is 3.24 Å². The fourth-order valence-corrected chi connectivity index (χ4v) is 11.4. The molecule has 1 nitrogen and oxygen atoms in total. The van der Waals surface area contributed by atoms with Crippen LogP contribution in [-0.4, -0.2) is 0 Å². The first kappa shape index (κ1) is 37.0. The van der Waals surface area contributed by atoms with Crippen LogP contribution in [0.4, 0.5) is 17.1 Å². The lowest BCUT2D eigenvalue weighted by Gasteiger charge is -2.34. The van der Waals surface area contributed by atoms with Gasteiger partial charge in [-0.15, -0.1) is 11.3 Å². The monoisotopic (exact) mass is 819 g/mol. The minimum atomic E-state index is -0.467. The summed E-state index contributed by atoms with van der Waals surface area (Å²) in [4.78, 5) is 2.43. The molecule has 0 spiro atoms. The van der Waals surface area contributed by atoms with Gasteiger partial charge in [-0.05, 0) is 97.6 Å². The summed E-state index contributed by atoms with van der Waals surface area (Å²) in [6, 6.07) is 91.4. The van der Waals surface area contributed by atoms with Gasteiger partial charge in [-0.3, -0.25) is 0 Å².